The Morgan fingerprint density at radius 3 is 2.69 bits per heavy atom. The van der Waals surface area contributed by atoms with Crippen LogP contribution in [0.5, 0.6) is 0 Å². The minimum Gasteiger partial charge on any atom is -0.347 e. The summed E-state index contributed by atoms with van der Waals surface area (Å²) in [5.74, 6) is -0.439. The summed E-state index contributed by atoms with van der Waals surface area (Å²) < 4.78 is 13.3. The van der Waals surface area contributed by atoms with Crippen LogP contribution in [0.3, 0.4) is 0 Å². The zero-order valence-corrected chi connectivity index (χ0v) is 17.0. The maximum absolute atomic E-state index is 13.3. The Hall–Kier alpha value is -3.06. The van der Waals surface area contributed by atoms with E-state index in [2.05, 4.69) is 20.3 Å². The number of hydrogen-bond donors (Lipinski definition) is 2. The second kappa shape index (κ2) is 8.13. The van der Waals surface area contributed by atoms with Crippen molar-refractivity contribution in [1.29, 1.82) is 0 Å². The number of nitrogens with zero attached hydrogens (tertiary/aromatic N) is 2. The fourth-order valence-corrected chi connectivity index (χ4v) is 3.48. The monoisotopic (exact) mass is 414 g/mol. The van der Waals surface area contributed by atoms with Gasteiger partial charge in [0.1, 0.15) is 11.6 Å². The number of H-pyrrole nitrogens is 1. The van der Waals surface area contributed by atoms with Crippen molar-refractivity contribution in [1.82, 2.24) is 20.3 Å². The van der Waals surface area contributed by atoms with Gasteiger partial charge >= 0.3 is 0 Å². The Bertz CT molecular complexity index is 1110. The Labute approximate surface area is 172 Å². The van der Waals surface area contributed by atoms with E-state index in [0.29, 0.717) is 22.6 Å². The molecule has 150 valence electrons. The normalized spacial score (nSPS) is 11.3. The second-order valence-corrected chi connectivity index (χ2v) is 7.60. The molecule has 2 aromatic heterocycles. The SMILES string of the molecule is Cc1nc(-c2cccnc2)[nH]c(=O)c1CC(=O)NC(C)(C)c1ccc(F)cc1Cl. The number of aromatic amines is 1. The number of pyridine rings is 1. The average molecular weight is 415 g/mol. The minimum atomic E-state index is -0.856. The second-order valence-electron chi connectivity index (χ2n) is 7.19. The number of benzene rings is 1. The number of aryl methyl sites for hydroxylation is 1. The van der Waals surface area contributed by atoms with Crippen LogP contribution in [0, 0.1) is 12.7 Å². The molecule has 0 bridgehead atoms. The highest BCUT2D eigenvalue weighted by Gasteiger charge is 2.26. The lowest BCUT2D eigenvalue weighted by atomic mass is 9.93. The molecule has 0 aliphatic rings. The van der Waals surface area contributed by atoms with E-state index in [1.165, 1.54) is 18.2 Å². The van der Waals surface area contributed by atoms with Gasteiger partial charge in [0.2, 0.25) is 5.91 Å². The van der Waals surface area contributed by atoms with E-state index >= 15 is 0 Å². The molecule has 0 saturated carbocycles. The summed E-state index contributed by atoms with van der Waals surface area (Å²) in [6.45, 7) is 5.19. The van der Waals surface area contributed by atoms with Crippen LogP contribution < -0.4 is 10.9 Å². The quantitative estimate of drug-likeness (QED) is 0.668. The first-order valence-corrected chi connectivity index (χ1v) is 9.32. The van der Waals surface area contributed by atoms with Gasteiger partial charge < -0.3 is 10.3 Å². The van der Waals surface area contributed by atoms with Crippen LogP contribution in [0.15, 0.2) is 47.5 Å². The zero-order valence-electron chi connectivity index (χ0n) is 16.2. The number of carbonyl (C=O) groups excluding carboxylic acids is 1. The van der Waals surface area contributed by atoms with Crippen molar-refractivity contribution in [3.63, 3.8) is 0 Å². The lowest BCUT2D eigenvalue weighted by Gasteiger charge is -2.28. The molecule has 2 heterocycles. The molecular weight excluding hydrogens is 395 g/mol. The third-order valence-electron chi connectivity index (χ3n) is 4.55. The number of carbonyl (C=O) groups is 1. The number of halogens is 2. The van der Waals surface area contributed by atoms with Gasteiger partial charge in [0.25, 0.3) is 5.56 Å². The van der Waals surface area contributed by atoms with Crippen LogP contribution in [0.1, 0.15) is 30.7 Å². The topological polar surface area (TPSA) is 87.7 Å². The average Bonchev–Trinajstić information content (AvgIpc) is 2.64. The number of nitrogens with one attached hydrogen (secondary N) is 2. The molecule has 29 heavy (non-hydrogen) atoms. The van der Waals surface area contributed by atoms with Gasteiger partial charge in [-0.1, -0.05) is 17.7 Å². The molecule has 0 saturated heterocycles. The van der Waals surface area contributed by atoms with Crippen LogP contribution in [0.4, 0.5) is 4.39 Å². The maximum Gasteiger partial charge on any atom is 0.255 e. The molecule has 0 aliphatic carbocycles. The molecular formula is C21H20ClFN4O2. The predicted octanol–water partition coefficient (Wildman–Crippen LogP) is 3.53. The molecule has 1 aromatic carbocycles. The van der Waals surface area contributed by atoms with Gasteiger partial charge in [-0.2, -0.15) is 0 Å². The fourth-order valence-electron chi connectivity index (χ4n) is 3.08. The highest BCUT2D eigenvalue weighted by atomic mass is 35.5. The Morgan fingerprint density at radius 2 is 2.07 bits per heavy atom. The number of rotatable bonds is 5. The first-order valence-electron chi connectivity index (χ1n) is 8.94. The summed E-state index contributed by atoms with van der Waals surface area (Å²) in [5, 5.41) is 3.06. The van der Waals surface area contributed by atoms with Crippen molar-refractivity contribution in [3.05, 3.63) is 80.7 Å². The Kier molecular flexibility index (Phi) is 5.79. The third-order valence-corrected chi connectivity index (χ3v) is 4.86. The molecule has 2 N–H and O–H groups in total. The smallest absolute Gasteiger partial charge is 0.255 e. The summed E-state index contributed by atoms with van der Waals surface area (Å²) in [6.07, 6.45) is 3.07. The molecule has 0 aliphatic heterocycles. The van der Waals surface area contributed by atoms with E-state index in [0.717, 1.165) is 0 Å². The van der Waals surface area contributed by atoms with Crippen molar-refractivity contribution in [2.24, 2.45) is 0 Å². The van der Waals surface area contributed by atoms with E-state index in [1.807, 2.05) is 0 Å². The van der Waals surface area contributed by atoms with Crippen LogP contribution in [0.25, 0.3) is 11.4 Å². The zero-order chi connectivity index (χ0) is 21.2. The van der Waals surface area contributed by atoms with Gasteiger partial charge in [0, 0.05) is 34.2 Å². The summed E-state index contributed by atoms with van der Waals surface area (Å²) >= 11 is 6.12. The lowest BCUT2D eigenvalue weighted by molar-refractivity contribution is -0.122. The first kappa shape index (κ1) is 20.7. The van der Waals surface area contributed by atoms with Crippen LogP contribution >= 0.6 is 11.6 Å². The van der Waals surface area contributed by atoms with Crippen molar-refractivity contribution in [3.8, 4) is 11.4 Å². The highest BCUT2D eigenvalue weighted by Crippen LogP contribution is 2.28. The van der Waals surface area contributed by atoms with Crippen LogP contribution in [0.2, 0.25) is 5.02 Å². The summed E-state index contributed by atoms with van der Waals surface area (Å²) in [6, 6.07) is 7.53. The number of amides is 1. The molecule has 1 amide bonds. The highest BCUT2D eigenvalue weighted by molar-refractivity contribution is 6.31. The Balaban J connectivity index is 1.81. The van der Waals surface area contributed by atoms with Gasteiger partial charge in [0.15, 0.2) is 0 Å². The molecule has 0 atom stereocenters. The number of hydrogen-bond acceptors (Lipinski definition) is 4. The van der Waals surface area contributed by atoms with Crippen molar-refractivity contribution < 1.29 is 9.18 Å². The standard InChI is InChI=1S/C21H20ClFN4O2/c1-12-15(20(29)26-19(25-12)13-5-4-8-24-11-13)10-18(28)27-21(2,3)16-7-6-14(23)9-17(16)22/h4-9,11H,10H2,1-3H3,(H,27,28)(H,25,26,29). The van der Waals surface area contributed by atoms with Crippen molar-refractivity contribution in [2.75, 3.05) is 0 Å². The molecule has 0 radical (unpaired) electrons. The lowest BCUT2D eigenvalue weighted by Crippen LogP contribution is -2.42. The van der Waals surface area contributed by atoms with Crippen molar-refractivity contribution >= 4 is 17.5 Å². The molecule has 3 aromatic rings. The van der Waals surface area contributed by atoms with Gasteiger partial charge in [-0.25, -0.2) is 9.37 Å². The molecule has 0 spiro atoms. The van der Waals surface area contributed by atoms with Crippen LogP contribution in [-0.4, -0.2) is 20.9 Å². The minimum absolute atomic E-state index is 0.149. The van der Waals surface area contributed by atoms with E-state index < -0.39 is 11.4 Å². The molecule has 8 heteroatoms. The third kappa shape index (κ3) is 4.68. The van der Waals surface area contributed by atoms with Crippen LogP contribution in [-0.2, 0) is 16.8 Å². The fraction of sp³-hybridized carbons (Fsp3) is 0.238. The van der Waals surface area contributed by atoms with Gasteiger partial charge in [-0.05, 0) is 50.6 Å². The summed E-state index contributed by atoms with van der Waals surface area (Å²) in [7, 11) is 0. The largest absolute Gasteiger partial charge is 0.347 e. The Morgan fingerprint density at radius 1 is 1.31 bits per heavy atom. The number of aromatic nitrogens is 3. The van der Waals surface area contributed by atoms with Gasteiger partial charge in [-0.15, -0.1) is 0 Å². The van der Waals surface area contributed by atoms with E-state index in [1.54, 1.807) is 45.3 Å². The van der Waals surface area contributed by atoms with E-state index in [-0.39, 0.29) is 28.5 Å². The van der Waals surface area contributed by atoms with Gasteiger partial charge in [0.05, 0.1) is 12.0 Å². The van der Waals surface area contributed by atoms with Gasteiger partial charge in [-0.3, -0.25) is 14.6 Å². The first-order chi connectivity index (χ1) is 13.7. The van der Waals surface area contributed by atoms with E-state index in [4.69, 9.17) is 11.6 Å². The molecule has 3 rings (SSSR count). The summed E-state index contributed by atoms with van der Waals surface area (Å²) in [5.41, 5.74) is 0.743. The molecule has 6 nitrogen and oxygen atoms in total. The van der Waals surface area contributed by atoms with E-state index in [9.17, 15) is 14.0 Å². The van der Waals surface area contributed by atoms with Crippen molar-refractivity contribution in [2.45, 2.75) is 32.7 Å². The molecule has 0 unspecified atom stereocenters. The predicted molar refractivity (Wildman–Crippen MR) is 109 cm³/mol. The summed E-state index contributed by atoms with van der Waals surface area (Å²) in [4.78, 5) is 36.3. The maximum atomic E-state index is 13.3. The molecule has 0 fully saturated rings.